The van der Waals surface area contributed by atoms with Crippen LogP contribution in [-0.4, -0.2) is 11.0 Å². The van der Waals surface area contributed by atoms with Gasteiger partial charge in [-0.3, -0.25) is 4.79 Å². The van der Waals surface area contributed by atoms with Crippen molar-refractivity contribution in [3.05, 3.63) is 65.7 Å². The van der Waals surface area contributed by atoms with Gasteiger partial charge in [0.2, 0.25) is 5.91 Å². The number of rotatable bonds is 4. The van der Waals surface area contributed by atoms with Crippen molar-refractivity contribution in [1.29, 1.82) is 0 Å². The summed E-state index contributed by atoms with van der Waals surface area (Å²) in [5, 5.41) is 9.90. The summed E-state index contributed by atoms with van der Waals surface area (Å²) in [6.45, 7) is 0. The van der Waals surface area contributed by atoms with Crippen molar-refractivity contribution in [2.75, 3.05) is 0 Å². The number of carbonyl (C=O) groups excluding carboxylic acids is 1. The van der Waals surface area contributed by atoms with Gasteiger partial charge < -0.3 is 10.8 Å². The number of benzene rings is 2. The summed E-state index contributed by atoms with van der Waals surface area (Å²) in [5.74, 6) is -0.399. The predicted molar refractivity (Wildman–Crippen MR) is 70.2 cm³/mol. The smallest absolute Gasteiger partial charge is 0.218 e. The Bertz CT molecular complexity index is 537. The fourth-order valence-electron chi connectivity index (χ4n) is 2.08. The second kappa shape index (κ2) is 5.36. The number of primary amides is 1. The van der Waals surface area contributed by atoms with Crippen LogP contribution in [0.4, 0.5) is 0 Å². The first-order chi connectivity index (χ1) is 8.68. The number of aromatic hydroxyl groups is 1. The van der Waals surface area contributed by atoms with E-state index in [-0.39, 0.29) is 24.0 Å². The second-order valence-electron chi connectivity index (χ2n) is 4.19. The zero-order valence-electron chi connectivity index (χ0n) is 9.91. The highest BCUT2D eigenvalue weighted by molar-refractivity contribution is 5.75. The molecule has 3 N–H and O–H groups in total. The Morgan fingerprint density at radius 1 is 1.06 bits per heavy atom. The van der Waals surface area contributed by atoms with Crippen molar-refractivity contribution < 1.29 is 9.90 Å². The Labute approximate surface area is 106 Å². The minimum atomic E-state index is -0.382. The lowest BCUT2D eigenvalue weighted by Crippen LogP contribution is -2.16. The number of para-hydroxylation sites is 1. The van der Waals surface area contributed by atoms with E-state index < -0.39 is 0 Å². The van der Waals surface area contributed by atoms with E-state index in [0.717, 1.165) is 11.1 Å². The molecular formula is C15H15NO2. The monoisotopic (exact) mass is 241 g/mol. The van der Waals surface area contributed by atoms with Crippen molar-refractivity contribution in [2.24, 2.45) is 5.73 Å². The Morgan fingerprint density at radius 2 is 1.67 bits per heavy atom. The third-order valence-electron chi connectivity index (χ3n) is 2.92. The van der Waals surface area contributed by atoms with Crippen molar-refractivity contribution >= 4 is 5.91 Å². The topological polar surface area (TPSA) is 63.3 Å². The molecule has 18 heavy (non-hydrogen) atoms. The summed E-state index contributed by atoms with van der Waals surface area (Å²) in [7, 11) is 0. The van der Waals surface area contributed by atoms with Crippen LogP contribution in [0.3, 0.4) is 0 Å². The van der Waals surface area contributed by atoms with E-state index in [4.69, 9.17) is 5.73 Å². The van der Waals surface area contributed by atoms with E-state index in [1.807, 2.05) is 42.5 Å². The summed E-state index contributed by atoms with van der Waals surface area (Å²) in [6, 6.07) is 16.6. The van der Waals surface area contributed by atoms with Gasteiger partial charge in [0, 0.05) is 17.9 Å². The molecule has 2 aromatic carbocycles. The molecule has 0 aromatic heterocycles. The van der Waals surface area contributed by atoms with Gasteiger partial charge in [-0.25, -0.2) is 0 Å². The summed E-state index contributed by atoms with van der Waals surface area (Å²) in [5.41, 5.74) is 6.99. The lowest BCUT2D eigenvalue weighted by molar-refractivity contribution is -0.118. The number of hydrogen-bond acceptors (Lipinski definition) is 2. The molecule has 0 aliphatic heterocycles. The summed E-state index contributed by atoms with van der Waals surface area (Å²) in [4.78, 5) is 11.2. The van der Waals surface area contributed by atoms with Gasteiger partial charge in [-0.05, 0) is 11.6 Å². The fraction of sp³-hybridized carbons (Fsp3) is 0.133. The molecule has 1 atom stereocenters. The first-order valence-electron chi connectivity index (χ1n) is 5.79. The van der Waals surface area contributed by atoms with Crippen LogP contribution in [0.1, 0.15) is 23.5 Å². The zero-order valence-corrected chi connectivity index (χ0v) is 9.91. The van der Waals surface area contributed by atoms with Gasteiger partial charge in [-0.2, -0.15) is 0 Å². The molecule has 2 aromatic rings. The highest BCUT2D eigenvalue weighted by atomic mass is 16.3. The van der Waals surface area contributed by atoms with Gasteiger partial charge in [-0.15, -0.1) is 0 Å². The van der Waals surface area contributed by atoms with E-state index in [1.165, 1.54) is 0 Å². The quantitative estimate of drug-likeness (QED) is 0.863. The van der Waals surface area contributed by atoms with Gasteiger partial charge in [0.1, 0.15) is 5.75 Å². The van der Waals surface area contributed by atoms with Crippen LogP contribution in [-0.2, 0) is 4.79 Å². The largest absolute Gasteiger partial charge is 0.508 e. The first kappa shape index (κ1) is 12.2. The molecule has 0 aliphatic rings. The molecule has 0 bridgehead atoms. The minimum absolute atomic E-state index is 0.182. The van der Waals surface area contributed by atoms with Crippen LogP contribution in [0, 0.1) is 0 Å². The SMILES string of the molecule is NC(=O)CC(c1ccccc1)c1ccccc1O. The molecule has 0 spiro atoms. The molecule has 0 saturated carbocycles. The van der Waals surface area contributed by atoms with Gasteiger partial charge in [0.25, 0.3) is 0 Å². The molecule has 0 aliphatic carbocycles. The maximum absolute atomic E-state index is 11.2. The standard InChI is InChI=1S/C15H15NO2/c16-15(18)10-13(11-6-2-1-3-7-11)12-8-4-5-9-14(12)17/h1-9,13,17H,10H2,(H2,16,18). The predicted octanol–water partition coefficient (Wildman–Crippen LogP) is 2.40. The molecule has 2 rings (SSSR count). The Kier molecular flexibility index (Phi) is 3.63. The number of phenols is 1. The van der Waals surface area contributed by atoms with Crippen molar-refractivity contribution in [2.45, 2.75) is 12.3 Å². The Morgan fingerprint density at radius 3 is 2.28 bits per heavy atom. The van der Waals surface area contributed by atoms with Crippen molar-refractivity contribution in [1.82, 2.24) is 0 Å². The molecular weight excluding hydrogens is 226 g/mol. The molecule has 3 nitrogen and oxygen atoms in total. The lowest BCUT2D eigenvalue weighted by atomic mass is 9.88. The van der Waals surface area contributed by atoms with Gasteiger partial charge in [0.05, 0.1) is 0 Å². The van der Waals surface area contributed by atoms with Crippen molar-refractivity contribution in [3.63, 3.8) is 0 Å². The van der Waals surface area contributed by atoms with Gasteiger partial charge >= 0.3 is 0 Å². The van der Waals surface area contributed by atoms with Crippen LogP contribution in [0.15, 0.2) is 54.6 Å². The minimum Gasteiger partial charge on any atom is -0.508 e. The third kappa shape index (κ3) is 2.69. The Balaban J connectivity index is 2.44. The van der Waals surface area contributed by atoms with Crippen LogP contribution >= 0.6 is 0 Å². The normalized spacial score (nSPS) is 12.0. The maximum atomic E-state index is 11.2. The maximum Gasteiger partial charge on any atom is 0.218 e. The average molecular weight is 241 g/mol. The number of phenolic OH excluding ortho intramolecular Hbond substituents is 1. The number of hydrogen-bond donors (Lipinski definition) is 2. The van der Waals surface area contributed by atoms with E-state index in [0.29, 0.717) is 0 Å². The number of amides is 1. The highest BCUT2D eigenvalue weighted by Gasteiger charge is 2.19. The number of carbonyl (C=O) groups is 1. The van der Waals surface area contributed by atoms with E-state index in [9.17, 15) is 9.90 Å². The van der Waals surface area contributed by atoms with Crippen LogP contribution in [0.2, 0.25) is 0 Å². The summed E-state index contributed by atoms with van der Waals surface area (Å²) in [6.07, 6.45) is 0.182. The van der Waals surface area contributed by atoms with Crippen LogP contribution < -0.4 is 5.73 Å². The molecule has 1 amide bonds. The van der Waals surface area contributed by atoms with E-state index >= 15 is 0 Å². The van der Waals surface area contributed by atoms with Crippen LogP contribution in [0.5, 0.6) is 5.75 Å². The van der Waals surface area contributed by atoms with Gasteiger partial charge in [-0.1, -0.05) is 48.5 Å². The van der Waals surface area contributed by atoms with Crippen molar-refractivity contribution in [3.8, 4) is 5.75 Å². The number of nitrogens with two attached hydrogens (primary N) is 1. The molecule has 0 saturated heterocycles. The molecule has 92 valence electrons. The average Bonchev–Trinajstić information content (AvgIpc) is 2.38. The van der Waals surface area contributed by atoms with Crippen LogP contribution in [0.25, 0.3) is 0 Å². The first-order valence-corrected chi connectivity index (χ1v) is 5.79. The summed E-state index contributed by atoms with van der Waals surface area (Å²) < 4.78 is 0. The summed E-state index contributed by atoms with van der Waals surface area (Å²) >= 11 is 0. The molecule has 3 heteroatoms. The van der Waals surface area contributed by atoms with E-state index in [1.54, 1.807) is 12.1 Å². The Hall–Kier alpha value is -2.29. The molecule has 0 fully saturated rings. The van der Waals surface area contributed by atoms with E-state index in [2.05, 4.69) is 0 Å². The lowest BCUT2D eigenvalue weighted by Gasteiger charge is -2.17. The second-order valence-corrected chi connectivity index (χ2v) is 4.19. The van der Waals surface area contributed by atoms with Gasteiger partial charge in [0.15, 0.2) is 0 Å². The molecule has 1 unspecified atom stereocenters. The fourth-order valence-corrected chi connectivity index (χ4v) is 2.08. The third-order valence-corrected chi connectivity index (χ3v) is 2.92. The molecule has 0 heterocycles. The molecule has 0 radical (unpaired) electrons. The zero-order chi connectivity index (χ0) is 13.0. The highest BCUT2D eigenvalue weighted by Crippen LogP contribution is 2.33.